The highest BCUT2D eigenvalue weighted by Crippen LogP contribution is 2.29. The van der Waals surface area contributed by atoms with Gasteiger partial charge in [0.15, 0.2) is 5.65 Å². The van der Waals surface area contributed by atoms with Crippen LogP contribution in [0.5, 0.6) is 0 Å². The number of pyridine rings is 1. The van der Waals surface area contributed by atoms with Gasteiger partial charge in [0.2, 0.25) is 0 Å². The predicted molar refractivity (Wildman–Crippen MR) is 104 cm³/mol. The van der Waals surface area contributed by atoms with E-state index >= 15 is 0 Å². The fraction of sp³-hybridized carbons (Fsp3) is 0.300. The summed E-state index contributed by atoms with van der Waals surface area (Å²) < 4.78 is 39.4. The van der Waals surface area contributed by atoms with Gasteiger partial charge in [-0.2, -0.15) is 18.3 Å². The number of hydrogen-bond donors (Lipinski definition) is 2. The Labute approximate surface area is 170 Å². The Morgan fingerprint density at radius 2 is 1.60 bits per heavy atom. The number of hydrogen-bond acceptors (Lipinski definition) is 4. The van der Waals surface area contributed by atoms with Crippen LogP contribution in [0.15, 0.2) is 42.7 Å². The van der Waals surface area contributed by atoms with Crippen LogP contribution in [0.1, 0.15) is 46.2 Å². The fourth-order valence-corrected chi connectivity index (χ4v) is 2.81. The van der Waals surface area contributed by atoms with Gasteiger partial charge in [0.05, 0.1) is 17.3 Å². The van der Waals surface area contributed by atoms with Crippen LogP contribution in [0.3, 0.4) is 0 Å². The average molecular weight is 419 g/mol. The molecule has 0 bridgehead atoms. The molecule has 0 saturated carbocycles. The van der Waals surface area contributed by atoms with Crippen LogP contribution in [0.25, 0.3) is 11.0 Å². The highest BCUT2D eigenvalue weighted by molar-refractivity contribution is 5.97. The van der Waals surface area contributed by atoms with E-state index in [1.165, 1.54) is 6.20 Å². The Balaban J connectivity index is 1.51. The van der Waals surface area contributed by atoms with Gasteiger partial charge in [0, 0.05) is 36.3 Å². The molecule has 1 aromatic carbocycles. The number of aromatic nitrogens is 3. The molecule has 0 aliphatic rings. The molecular weight excluding hydrogens is 399 g/mol. The first kappa shape index (κ1) is 21.3. The monoisotopic (exact) mass is 419 g/mol. The number of carbonyl (C=O) groups is 2. The third kappa shape index (κ3) is 4.76. The second-order valence-electron chi connectivity index (χ2n) is 6.91. The minimum Gasteiger partial charge on any atom is -0.350 e. The quantitative estimate of drug-likeness (QED) is 0.601. The number of amides is 2. The summed E-state index contributed by atoms with van der Waals surface area (Å²) in [4.78, 5) is 28.6. The van der Waals surface area contributed by atoms with E-state index < -0.39 is 17.6 Å². The van der Waals surface area contributed by atoms with Crippen molar-refractivity contribution in [3.05, 3.63) is 59.4 Å². The second-order valence-corrected chi connectivity index (χ2v) is 6.91. The first-order valence-electron chi connectivity index (χ1n) is 9.23. The highest BCUT2D eigenvalue weighted by Gasteiger charge is 2.30. The van der Waals surface area contributed by atoms with Crippen molar-refractivity contribution in [2.24, 2.45) is 0 Å². The molecular formula is C20H20F3N5O2. The van der Waals surface area contributed by atoms with Crippen LogP contribution in [0.2, 0.25) is 0 Å². The van der Waals surface area contributed by atoms with Crippen molar-refractivity contribution in [2.75, 3.05) is 13.1 Å². The van der Waals surface area contributed by atoms with E-state index in [1.807, 2.05) is 13.8 Å². The number of halogens is 3. The van der Waals surface area contributed by atoms with Crippen molar-refractivity contribution in [1.29, 1.82) is 0 Å². The van der Waals surface area contributed by atoms with Gasteiger partial charge in [-0.25, -0.2) is 9.67 Å². The number of alkyl halides is 3. The van der Waals surface area contributed by atoms with Crippen molar-refractivity contribution >= 4 is 22.8 Å². The maximum atomic E-state index is 12.6. The molecule has 3 aromatic rings. The third-order valence-corrected chi connectivity index (χ3v) is 4.36. The SMILES string of the molecule is CC(C)n1ncc2cc(C(=O)NCCNC(=O)c3ccc(C(F)(F)F)cc3)cnc21. The molecule has 30 heavy (non-hydrogen) atoms. The number of rotatable bonds is 6. The maximum absolute atomic E-state index is 12.6. The molecule has 158 valence electrons. The molecule has 0 spiro atoms. The van der Waals surface area contributed by atoms with E-state index in [2.05, 4.69) is 20.7 Å². The lowest BCUT2D eigenvalue weighted by Crippen LogP contribution is -2.34. The molecule has 0 fully saturated rings. The van der Waals surface area contributed by atoms with Gasteiger partial charge in [0.1, 0.15) is 0 Å². The van der Waals surface area contributed by atoms with Gasteiger partial charge in [-0.15, -0.1) is 0 Å². The second kappa shape index (κ2) is 8.52. The van der Waals surface area contributed by atoms with Gasteiger partial charge in [-0.3, -0.25) is 9.59 Å². The molecule has 0 unspecified atom stereocenters. The zero-order valence-corrected chi connectivity index (χ0v) is 16.3. The van der Waals surface area contributed by atoms with Crippen molar-refractivity contribution < 1.29 is 22.8 Å². The smallest absolute Gasteiger partial charge is 0.350 e. The van der Waals surface area contributed by atoms with Crippen LogP contribution in [-0.4, -0.2) is 39.7 Å². The molecule has 0 radical (unpaired) electrons. The number of fused-ring (bicyclic) bond motifs is 1. The van der Waals surface area contributed by atoms with Gasteiger partial charge in [0.25, 0.3) is 11.8 Å². The van der Waals surface area contributed by atoms with Gasteiger partial charge in [-0.1, -0.05) is 0 Å². The summed E-state index contributed by atoms with van der Waals surface area (Å²) in [6.07, 6.45) is -1.35. The molecule has 2 heterocycles. The number of nitrogens with zero attached hydrogens (tertiary/aromatic N) is 3. The van der Waals surface area contributed by atoms with E-state index in [4.69, 9.17) is 0 Å². The summed E-state index contributed by atoms with van der Waals surface area (Å²) in [6.45, 7) is 4.22. The normalized spacial score (nSPS) is 11.7. The standard InChI is InChI=1S/C20H20F3N5O2/c1-12(2)28-17-14(11-27-28)9-15(10-26-17)19(30)25-8-7-24-18(29)13-3-5-16(6-4-13)20(21,22)23/h3-6,9-12H,7-8H2,1-2H3,(H,24,29)(H,25,30). The number of nitrogens with one attached hydrogen (secondary N) is 2. The molecule has 2 N–H and O–H groups in total. The van der Waals surface area contributed by atoms with Crippen LogP contribution < -0.4 is 10.6 Å². The Hall–Kier alpha value is -3.43. The molecule has 0 saturated heterocycles. The van der Waals surface area contributed by atoms with Crippen LogP contribution in [-0.2, 0) is 6.18 Å². The Kier molecular flexibility index (Phi) is 6.04. The van der Waals surface area contributed by atoms with E-state index in [-0.39, 0.29) is 30.6 Å². The van der Waals surface area contributed by atoms with Crippen molar-refractivity contribution in [3.63, 3.8) is 0 Å². The van der Waals surface area contributed by atoms with E-state index in [0.29, 0.717) is 11.2 Å². The van der Waals surface area contributed by atoms with Gasteiger partial charge >= 0.3 is 6.18 Å². The first-order valence-corrected chi connectivity index (χ1v) is 9.23. The van der Waals surface area contributed by atoms with Gasteiger partial charge in [-0.05, 0) is 44.2 Å². The van der Waals surface area contributed by atoms with Crippen molar-refractivity contribution in [3.8, 4) is 0 Å². The van der Waals surface area contributed by atoms with Crippen molar-refractivity contribution in [1.82, 2.24) is 25.4 Å². The summed E-state index contributed by atoms with van der Waals surface area (Å²) >= 11 is 0. The third-order valence-electron chi connectivity index (χ3n) is 4.36. The van der Waals surface area contributed by atoms with Crippen LogP contribution in [0, 0.1) is 0 Å². The molecule has 10 heteroatoms. The zero-order valence-electron chi connectivity index (χ0n) is 16.3. The summed E-state index contributed by atoms with van der Waals surface area (Å²) in [5.41, 5.74) is 0.326. The van der Waals surface area contributed by atoms with Crippen LogP contribution in [0.4, 0.5) is 13.2 Å². The minimum absolute atomic E-state index is 0.103. The van der Waals surface area contributed by atoms with E-state index in [1.54, 1.807) is 16.9 Å². The fourth-order valence-electron chi connectivity index (χ4n) is 2.81. The molecule has 2 aromatic heterocycles. The minimum atomic E-state index is -4.45. The lowest BCUT2D eigenvalue weighted by molar-refractivity contribution is -0.137. The van der Waals surface area contributed by atoms with Gasteiger partial charge < -0.3 is 10.6 Å². The Morgan fingerprint density at radius 3 is 2.17 bits per heavy atom. The Bertz CT molecular complexity index is 1060. The topological polar surface area (TPSA) is 88.9 Å². The molecule has 3 rings (SSSR count). The molecule has 0 aliphatic carbocycles. The summed E-state index contributed by atoms with van der Waals surface area (Å²) in [5, 5.41) is 10.2. The lowest BCUT2D eigenvalue weighted by atomic mass is 10.1. The Morgan fingerprint density at radius 1 is 1.00 bits per heavy atom. The zero-order chi connectivity index (χ0) is 21.9. The highest BCUT2D eigenvalue weighted by atomic mass is 19.4. The molecule has 2 amide bonds. The first-order chi connectivity index (χ1) is 14.2. The van der Waals surface area contributed by atoms with Crippen LogP contribution >= 0.6 is 0 Å². The average Bonchev–Trinajstić information content (AvgIpc) is 3.14. The molecule has 7 nitrogen and oxygen atoms in total. The summed E-state index contributed by atoms with van der Waals surface area (Å²) in [7, 11) is 0. The number of carbonyl (C=O) groups excluding carboxylic acids is 2. The largest absolute Gasteiger partial charge is 0.416 e. The number of benzene rings is 1. The predicted octanol–water partition coefficient (Wildman–Crippen LogP) is 3.19. The molecule has 0 atom stereocenters. The van der Waals surface area contributed by atoms with E-state index in [9.17, 15) is 22.8 Å². The maximum Gasteiger partial charge on any atom is 0.416 e. The summed E-state index contributed by atoms with van der Waals surface area (Å²) in [6, 6.07) is 5.74. The van der Waals surface area contributed by atoms with Crippen molar-refractivity contribution in [2.45, 2.75) is 26.1 Å². The van der Waals surface area contributed by atoms with E-state index in [0.717, 1.165) is 29.7 Å². The molecule has 0 aliphatic heterocycles. The summed E-state index contributed by atoms with van der Waals surface area (Å²) in [5.74, 6) is -0.882. The lowest BCUT2D eigenvalue weighted by Gasteiger charge is -2.09.